The van der Waals surface area contributed by atoms with Gasteiger partial charge in [0.15, 0.2) is 0 Å². The maximum absolute atomic E-state index is 10.8. The van der Waals surface area contributed by atoms with Crippen molar-refractivity contribution in [1.82, 2.24) is 4.98 Å². The zero-order valence-electron chi connectivity index (χ0n) is 9.09. The predicted octanol–water partition coefficient (Wildman–Crippen LogP) is 1.00. The van der Waals surface area contributed by atoms with Gasteiger partial charge in [0, 0.05) is 12.7 Å². The molecule has 1 unspecified atom stereocenters. The third-order valence-electron chi connectivity index (χ3n) is 2.65. The van der Waals surface area contributed by atoms with Crippen molar-refractivity contribution in [3.63, 3.8) is 0 Å². The molecule has 0 saturated carbocycles. The molecule has 0 radical (unpaired) electrons. The van der Waals surface area contributed by atoms with E-state index in [4.69, 9.17) is 9.84 Å². The van der Waals surface area contributed by atoms with Gasteiger partial charge in [-0.2, -0.15) is 0 Å². The minimum Gasteiger partial charge on any atom is -0.478 e. The molecule has 1 aliphatic rings. The number of anilines is 1. The number of rotatable bonds is 2. The first-order valence-corrected chi connectivity index (χ1v) is 5.22. The molecule has 16 heavy (non-hydrogen) atoms. The van der Waals surface area contributed by atoms with Crippen molar-refractivity contribution in [2.24, 2.45) is 0 Å². The number of carboxylic acids is 1. The Labute approximate surface area is 93.7 Å². The molecule has 0 aromatic carbocycles. The highest BCUT2D eigenvalue weighted by molar-refractivity contribution is 5.88. The molecule has 2 heterocycles. The van der Waals surface area contributed by atoms with Crippen molar-refractivity contribution in [3.05, 3.63) is 23.9 Å². The molecule has 1 aromatic rings. The molecule has 5 nitrogen and oxygen atoms in total. The average Bonchev–Trinajstić information content (AvgIpc) is 2.30. The topological polar surface area (TPSA) is 62.7 Å². The van der Waals surface area contributed by atoms with Crippen LogP contribution in [0.3, 0.4) is 0 Å². The van der Waals surface area contributed by atoms with Crippen LogP contribution in [-0.4, -0.2) is 41.9 Å². The first-order valence-electron chi connectivity index (χ1n) is 5.22. The van der Waals surface area contributed by atoms with E-state index in [0.717, 1.165) is 6.54 Å². The largest absolute Gasteiger partial charge is 0.478 e. The van der Waals surface area contributed by atoms with Gasteiger partial charge in [-0.15, -0.1) is 0 Å². The van der Waals surface area contributed by atoms with Crippen LogP contribution in [0.25, 0.3) is 0 Å². The van der Waals surface area contributed by atoms with Crippen LogP contribution in [0.2, 0.25) is 0 Å². The fourth-order valence-corrected chi connectivity index (χ4v) is 1.78. The molecular formula is C11H14N2O3. The van der Waals surface area contributed by atoms with Gasteiger partial charge < -0.3 is 14.7 Å². The van der Waals surface area contributed by atoms with Crippen LogP contribution in [0, 0.1) is 0 Å². The Morgan fingerprint density at radius 3 is 3.19 bits per heavy atom. The fourth-order valence-electron chi connectivity index (χ4n) is 1.78. The van der Waals surface area contributed by atoms with E-state index >= 15 is 0 Å². The summed E-state index contributed by atoms with van der Waals surface area (Å²) in [5.74, 6) is -0.222. The van der Waals surface area contributed by atoms with Gasteiger partial charge in [-0.1, -0.05) is 0 Å². The van der Waals surface area contributed by atoms with Gasteiger partial charge in [-0.25, -0.2) is 9.78 Å². The monoisotopic (exact) mass is 222 g/mol. The summed E-state index contributed by atoms with van der Waals surface area (Å²) < 4.78 is 5.33. The molecule has 0 bridgehead atoms. The third kappa shape index (κ3) is 2.14. The summed E-state index contributed by atoms with van der Waals surface area (Å²) in [6.45, 7) is 4.09. The number of carbonyl (C=O) groups is 1. The summed E-state index contributed by atoms with van der Waals surface area (Å²) >= 11 is 0. The molecular weight excluding hydrogens is 208 g/mol. The molecule has 0 amide bonds. The van der Waals surface area contributed by atoms with Crippen molar-refractivity contribution in [1.29, 1.82) is 0 Å². The normalized spacial score (nSPS) is 20.8. The van der Waals surface area contributed by atoms with E-state index in [2.05, 4.69) is 9.88 Å². The van der Waals surface area contributed by atoms with Crippen molar-refractivity contribution in [3.8, 4) is 0 Å². The number of aromatic nitrogens is 1. The van der Waals surface area contributed by atoms with Crippen molar-refractivity contribution in [2.45, 2.75) is 13.0 Å². The van der Waals surface area contributed by atoms with Crippen LogP contribution in [0.1, 0.15) is 17.3 Å². The Balaban J connectivity index is 2.25. The molecule has 5 heteroatoms. The lowest BCUT2D eigenvalue weighted by molar-refractivity contribution is 0.0696. The molecule has 1 atom stereocenters. The second-order valence-corrected chi connectivity index (χ2v) is 3.83. The Kier molecular flexibility index (Phi) is 3.05. The standard InChI is InChI=1S/C11H14N2O3/c1-8-7-16-5-4-13(8)10-6-9(11(14)15)2-3-12-10/h2-3,6,8H,4-5,7H2,1H3,(H,14,15). The van der Waals surface area contributed by atoms with Gasteiger partial charge in [0.1, 0.15) is 5.82 Å². The van der Waals surface area contributed by atoms with Crippen molar-refractivity contribution >= 4 is 11.8 Å². The van der Waals surface area contributed by atoms with E-state index in [0.29, 0.717) is 19.0 Å². The number of hydrogen-bond acceptors (Lipinski definition) is 4. The quantitative estimate of drug-likeness (QED) is 0.809. The molecule has 0 spiro atoms. The lowest BCUT2D eigenvalue weighted by atomic mass is 10.2. The van der Waals surface area contributed by atoms with Crippen LogP contribution >= 0.6 is 0 Å². The maximum Gasteiger partial charge on any atom is 0.335 e. The number of ether oxygens (including phenoxy) is 1. The number of hydrogen-bond donors (Lipinski definition) is 1. The van der Waals surface area contributed by atoms with Crippen LogP contribution in [0.4, 0.5) is 5.82 Å². The van der Waals surface area contributed by atoms with Crippen LogP contribution < -0.4 is 4.90 Å². The summed E-state index contributed by atoms with van der Waals surface area (Å²) in [5, 5.41) is 8.90. The Bertz CT molecular complexity index is 395. The smallest absolute Gasteiger partial charge is 0.335 e. The molecule has 2 rings (SSSR count). The van der Waals surface area contributed by atoms with Gasteiger partial charge in [0.05, 0.1) is 24.8 Å². The van der Waals surface area contributed by atoms with E-state index in [9.17, 15) is 4.79 Å². The summed E-state index contributed by atoms with van der Waals surface area (Å²) in [4.78, 5) is 17.1. The molecule has 1 fully saturated rings. The third-order valence-corrected chi connectivity index (χ3v) is 2.65. The van der Waals surface area contributed by atoms with E-state index in [1.165, 1.54) is 12.3 Å². The van der Waals surface area contributed by atoms with Crippen LogP contribution in [-0.2, 0) is 4.74 Å². The van der Waals surface area contributed by atoms with Crippen LogP contribution in [0.15, 0.2) is 18.3 Å². The van der Waals surface area contributed by atoms with Gasteiger partial charge in [0.25, 0.3) is 0 Å². The Morgan fingerprint density at radius 2 is 2.50 bits per heavy atom. The number of morpholine rings is 1. The van der Waals surface area contributed by atoms with E-state index in [1.54, 1.807) is 6.07 Å². The maximum atomic E-state index is 10.8. The summed E-state index contributed by atoms with van der Waals surface area (Å²) in [6, 6.07) is 3.33. The SMILES string of the molecule is CC1COCCN1c1cc(C(=O)O)ccn1. The molecule has 0 aliphatic carbocycles. The first-order chi connectivity index (χ1) is 7.68. The minimum atomic E-state index is -0.926. The van der Waals surface area contributed by atoms with Crippen molar-refractivity contribution in [2.75, 3.05) is 24.7 Å². The highest BCUT2D eigenvalue weighted by atomic mass is 16.5. The van der Waals surface area contributed by atoms with E-state index < -0.39 is 5.97 Å². The first kappa shape index (κ1) is 10.9. The lowest BCUT2D eigenvalue weighted by Crippen LogP contribution is -2.44. The minimum absolute atomic E-state index is 0.227. The highest BCUT2D eigenvalue weighted by Crippen LogP contribution is 2.18. The van der Waals surface area contributed by atoms with Crippen molar-refractivity contribution < 1.29 is 14.6 Å². The number of nitrogens with zero attached hydrogens (tertiary/aromatic N) is 2. The van der Waals surface area contributed by atoms with E-state index in [1.807, 2.05) is 6.92 Å². The summed E-state index contributed by atoms with van der Waals surface area (Å²) in [6.07, 6.45) is 1.53. The Morgan fingerprint density at radius 1 is 1.69 bits per heavy atom. The number of pyridine rings is 1. The zero-order chi connectivity index (χ0) is 11.5. The molecule has 1 aromatic heterocycles. The molecule has 1 N–H and O–H groups in total. The van der Waals surface area contributed by atoms with E-state index in [-0.39, 0.29) is 11.6 Å². The molecule has 1 saturated heterocycles. The lowest BCUT2D eigenvalue weighted by Gasteiger charge is -2.34. The van der Waals surface area contributed by atoms with Gasteiger partial charge in [-0.3, -0.25) is 0 Å². The predicted molar refractivity (Wildman–Crippen MR) is 58.8 cm³/mol. The number of aromatic carboxylic acids is 1. The second kappa shape index (κ2) is 4.49. The fraction of sp³-hybridized carbons (Fsp3) is 0.455. The highest BCUT2D eigenvalue weighted by Gasteiger charge is 2.20. The summed E-state index contributed by atoms with van der Waals surface area (Å²) in [5.41, 5.74) is 0.267. The average molecular weight is 222 g/mol. The van der Waals surface area contributed by atoms with Gasteiger partial charge in [0.2, 0.25) is 0 Å². The zero-order valence-corrected chi connectivity index (χ0v) is 9.09. The molecule has 86 valence electrons. The van der Waals surface area contributed by atoms with Gasteiger partial charge in [-0.05, 0) is 19.1 Å². The van der Waals surface area contributed by atoms with Gasteiger partial charge >= 0.3 is 5.97 Å². The second-order valence-electron chi connectivity index (χ2n) is 3.83. The number of carboxylic acid groups (broad SMARTS) is 1. The molecule has 1 aliphatic heterocycles. The summed E-state index contributed by atoms with van der Waals surface area (Å²) in [7, 11) is 0. The Hall–Kier alpha value is -1.62. The van der Waals surface area contributed by atoms with Crippen LogP contribution in [0.5, 0.6) is 0 Å².